The Bertz CT molecular complexity index is 1940. The van der Waals surface area contributed by atoms with Crippen LogP contribution in [0.4, 0.5) is 0 Å². The highest BCUT2D eigenvalue weighted by molar-refractivity contribution is 6.06. The van der Waals surface area contributed by atoms with Gasteiger partial charge in [0.2, 0.25) is 0 Å². The number of fused-ring (bicyclic) bond motifs is 1. The van der Waals surface area contributed by atoms with Gasteiger partial charge in [0.15, 0.2) is 5.58 Å². The number of amides is 1. The molecule has 0 atom stereocenters. The van der Waals surface area contributed by atoms with Gasteiger partial charge in [-0.2, -0.15) is 0 Å². The van der Waals surface area contributed by atoms with E-state index >= 15 is 0 Å². The third kappa shape index (κ3) is 5.48. The summed E-state index contributed by atoms with van der Waals surface area (Å²) in [5.74, 6) is -1.95. The number of rotatable bonds is 8. The van der Waals surface area contributed by atoms with Crippen molar-refractivity contribution in [3.05, 3.63) is 154 Å². The molecule has 0 unspecified atom stereocenters. The molecule has 6 aromatic rings. The van der Waals surface area contributed by atoms with Crippen molar-refractivity contribution < 1.29 is 19.1 Å². The van der Waals surface area contributed by atoms with E-state index < -0.39 is 11.7 Å². The Labute approximate surface area is 241 Å². The van der Waals surface area contributed by atoms with Crippen LogP contribution in [-0.2, 0) is 13.1 Å². The van der Waals surface area contributed by atoms with Crippen LogP contribution < -0.4 is 11.1 Å². The van der Waals surface area contributed by atoms with Gasteiger partial charge in [0.1, 0.15) is 5.52 Å². The van der Waals surface area contributed by atoms with Crippen molar-refractivity contribution in [2.75, 3.05) is 0 Å². The molecule has 0 aliphatic carbocycles. The summed E-state index contributed by atoms with van der Waals surface area (Å²) in [6.07, 6.45) is 0. The maximum atomic E-state index is 13.6. The number of nitrogens with zero attached hydrogens (tertiary/aromatic N) is 1. The van der Waals surface area contributed by atoms with Gasteiger partial charge in [0, 0.05) is 6.54 Å². The summed E-state index contributed by atoms with van der Waals surface area (Å²) in [5, 5.41) is 12.1. The molecule has 5 aromatic carbocycles. The van der Waals surface area contributed by atoms with E-state index in [1.807, 2.05) is 84.9 Å². The smallest absolute Gasteiger partial charge is 0.420 e. The number of aromatic carboxylic acids is 1. The topological polar surface area (TPSA) is 102 Å². The number of hydrogen-bond donors (Lipinski definition) is 2. The summed E-state index contributed by atoms with van der Waals surface area (Å²) < 4.78 is 7.17. The highest BCUT2D eigenvalue weighted by Gasteiger charge is 2.21. The number of carbonyl (C=O) groups excluding carboxylic acids is 1. The van der Waals surface area contributed by atoms with Crippen molar-refractivity contribution in [2.45, 2.75) is 13.1 Å². The maximum absolute atomic E-state index is 13.6. The lowest BCUT2D eigenvalue weighted by molar-refractivity contribution is 0.0696. The first kappa shape index (κ1) is 26.5. The number of carbonyl (C=O) groups is 2. The summed E-state index contributed by atoms with van der Waals surface area (Å²) >= 11 is 0. The van der Waals surface area contributed by atoms with Crippen molar-refractivity contribution in [1.82, 2.24) is 9.88 Å². The summed E-state index contributed by atoms with van der Waals surface area (Å²) in [6.45, 7) is 0.404. The maximum Gasteiger partial charge on any atom is 0.420 e. The summed E-state index contributed by atoms with van der Waals surface area (Å²) in [5.41, 5.74) is 6.61. The largest absolute Gasteiger partial charge is 0.478 e. The number of hydrogen-bond acceptors (Lipinski definition) is 4. The average molecular weight is 555 g/mol. The van der Waals surface area contributed by atoms with E-state index in [4.69, 9.17) is 9.52 Å². The van der Waals surface area contributed by atoms with Gasteiger partial charge < -0.3 is 14.8 Å². The fraction of sp³-hybridized carbons (Fsp3) is 0.0571. The van der Waals surface area contributed by atoms with Crippen LogP contribution in [0.25, 0.3) is 33.4 Å². The Morgan fingerprint density at radius 1 is 0.690 bits per heavy atom. The Kier molecular flexibility index (Phi) is 7.22. The molecule has 7 nitrogen and oxygen atoms in total. The molecule has 0 saturated carbocycles. The fourth-order valence-corrected chi connectivity index (χ4v) is 4.98. The van der Waals surface area contributed by atoms with Gasteiger partial charge in [-0.05, 0) is 57.6 Å². The second kappa shape index (κ2) is 11.4. The van der Waals surface area contributed by atoms with Gasteiger partial charge in [-0.25, -0.2) is 9.59 Å². The molecule has 0 aliphatic heterocycles. The lowest BCUT2D eigenvalue weighted by Crippen LogP contribution is -2.24. The Morgan fingerprint density at radius 3 is 1.88 bits per heavy atom. The van der Waals surface area contributed by atoms with E-state index in [2.05, 4.69) is 5.32 Å². The molecular weight excluding hydrogens is 528 g/mol. The molecule has 0 aliphatic rings. The van der Waals surface area contributed by atoms with Crippen molar-refractivity contribution in [3.63, 3.8) is 0 Å². The minimum Gasteiger partial charge on any atom is -0.478 e. The zero-order valence-corrected chi connectivity index (χ0v) is 22.5. The van der Waals surface area contributed by atoms with Gasteiger partial charge in [0.05, 0.1) is 17.7 Å². The number of carboxylic acid groups (broad SMARTS) is 1. The molecule has 1 aromatic heterocycles. The second-order valence-corrected chi connectivity index (χ2v) is 9.94. The van der Waals surface area contributed by atoms with Crippen LogP contribution in [0.1, 0.15) is 31.8 Å². The first-order valence-corrected chi connectivity index (χ1v) is 13.4. The van der Waals surface area contributed by atoms with Gasteiger partial charge >= 0.3 is 11.7 Å². The third-order valence-electron chi connectivity index (χ3n) is 7.17. The molecule has 0 spiro atoms. The quantitative estimate of drug-likeness (QED) is 0.221. The molecule has 1 heterocycles. The van der Waals surface area contributed by atoms with Gasteiger partial charge in [0.25, 0.3) is 5.91 Å². The standard InChI is InChI=1S/C35H26N2O5/c38-33(36-21-23-11-17-28(18-12-23)34(39)40)30-19-29(26-9-5-2-6-10-26)20-31-32(30)37(35(41)42-31)22-24-13-15-27(16-14-24)25-7-3-1-4-8-25/h1-20H,21-22H2,(H,36,38)(H,39,40). The lowest BCUT2D eigenvalue weighted by atomic mass is 10.0. The molecule has 0 saturated heterocycles. The third-order valence-corrected chi connectivity index (χ3v) is 7.17. The van der Waals surface area contributed by atoms with Gasteiger partial charge in [-0.15, -0.1) is 0 Å². The van der Waals surface area contributed by atoms with E-state index in [0.29, 0.717) is 16.7 Å². The van der Waals surface area contributed by atoms with Crippen LogP contribution in [0, 0.1) is 0 Å². The summed E-state index contributed by atoms with van der Waals surface area (Å²) in [7, 11) is 0. The first-order valence-electron chi connectivity index (χ1n) is 13.4. The van der Waals surface area contributed by atoms with Crippen molar-refractivity contribution >= 4 is 23.0 Å². The Balaban J connectivity index is 1.36. The van der Waals surface area contributed by atoms with E-state index in [9.17, 15) is 14.4 Å². The lowest BCUT2D eigenvalue weighted by Gasteiger charge is -2.11. The van der Waals surface area contributed by atoms with Crippen molar-refractivity contribution in [2.24, 2.45) is 0 Å². The summed E-state index contributed by atoms with van der Waals surface area (Å²) in [4.78, 5) is 38.0. The summed E-state index contributed by atoms with van der Waals surface area (Å²) in [6, 6.07) is 37.4. The molecule has 0 radical (unpaired) electrons. The number of aromatic nitrogens is 1. The number of oxazole rings is 1. The number of benzene rings is 5. The Morgan fingerprint density at radius 2 is 1.26 bits per heavy atom. The zero-order valence-electron chi connectivity index (χ0n) is 22.5. The van der Waals surface area contributed by atoms with Crippen LogP contribution in [0.2, 0.25) is 0 Å². The molecular formula is C35H26N2O5. The highest BCUT2D eigenvalue weighted by Crippen LogP contribution is 2.29. The SMILES string of the molecule is O=C(O)c1ccc(CNC(=O)c2cc(-c3ccccc3)cc3oc(=O)n(Cc4ccc(-c5ccccc5)cc4)c23)cc1. The predicted molar refractivity (Wildman–Crippen MR) is 161 cm³/mol. The van der Waals surface area contributed by atoms with Crippen LogP contribution >= 0.6 is 0 Å². The molecule has 0 bridgehead atoms. The zero-order chi connectivity index (χ0) is 29.1. The van der Waals surface area contributed by atoms with Crippen molar-refractivity contribution in [1.29, 1.82) is 0 Å². The molecule has 7 heteroatoms. The van der Waals surface area contributed by atoms with Gasteiger partial charge in [-0.3, -0.25) is 9.36 Å². The van der Waals surface area contributed by atoms with Gasteiger partial charge in [-0.1, -0.05) is 97.1 Å². The molecule has 6 rings (SSSR count). The normalized spacial score (nSPS) is 11.0. The molecule has 0 fully saturated rings. The average Bonchev–Trinajstić information content (AvgIpc) is 3.35. The second-order valence-electron chi connectivity index (χ2n) is 9.94. The van der Waals surface area contributed by atoms with Crippen LogP contribution in [0.15, 0.2) is 131 Å². The molecule has 2 N–H and O–H groups in total. The fourth-order valence-electron chi connectivity index (χ4n) is 4.98. The van der Waals surface area contributed by atoms with E-state index in [0.717, 1.165) is 33.4 Å². The highest BCUT2D eigenvalue weighted by atomic mass is 16.4. The Hall–Kier alpha value is -5.69. The van der Waals surface area contributed by atoms with Crippen LogP contribution in [0.5, 0.6) is 0 Å². The molecule has 42 heavy (non-hydrogen) atoms. The minimum absolute atomic E-state index is 0.168. The van der Waals surface area contributed by atoms with E-state index in [-0.39, 0.29) is 24.6 Å². The van der Waals surface area contributed by atoms with Crippen LogP contribution in [0.3, 0.4) is 0 Å². The minimum atomic E-state index is -1.02. The van der Waals surface area contributed by atoms with E-state index in [1.165, 1.54) is 16.7 Å². The monoisotopic (exact) mass is 554 g/mol. The van der Waals surface area contributed by atoms with Crippen molar-refractivity contribution in [3.8, 4) is 22.3 Å². The van der Waals surface area contributed by atoms with E-state index in [1.54, 1.807) is 24.3 Å². The molecule has 206 valence electrons. The molecule has 1 amide bonds. The van der Waals surface area contributed by atoms with Crippen LogP contribution in [-0.4, -0.2) is 21.6 Å². The number of nitrogens with one attached hydrogen (secondary N) is 1. The first-order chi connectivity index (χ1) is 20.5. The number of carboxylic acids is 1. The predicted octanol–water partition coefficient (Wildman–Crippen LogP) is 6.61.